The molecule has 0 saturated carbocycles. The third kappa shape index (κ3) is 3.96. The second-order valence-corrected chi connectivity index (χ2v) is 3.24. The predicted octanol–water partition coefficient (Wildman–Crippen LogP) is 0.565. The Morgan fingerprint density at radius 2 is 1.81 bits per heavy atom. The summed E-state index contributed by atoms with van der Waals surface area (Å²) in [5.74, 6) is -0.511. The van der Waals surface area contributed by atoms with Crippen LogP contribution in [0.2, 0.25) is 0 Å². The molecule has 0 aromatic rings. The van der Waals surface area contributed by atoms with Gasteiger partial charge in [-0.2, -0.15) is 0 Å². The van der Waals surface area contributed by atoms with Gasteiger partial charge in [-0.25, -0.2) is 16.0 Å². The quantitative estimate of drug-likeness (QED) is 0.512. The zero-order valence-corrected chi connectivity index (χ0v) is 10.3. The van der Waals surface area contributed by atoms with Gasteiger partial charge in [0, 0.05) is 19.7 Å². The molecule has 90 valence electrons. The minimum absolute atomic E-state index is 0.208. The van der Waals surface area contributed by atoms with E-state index in [-0.39, 0.29) is 11.7 Å². The van der Waals surface area contributed by atoms with Crippen molar-refractivity contribution in [3.8, 4) is 0 Å². The standard InChI is InChI=1S/C11H19N3O2/c1-6-8(2)10(15)7-9(3)11(16)14(12-4)13-5/h7,12-13H,2,6H2,1,3-5H3. The fourth-order valence-electron chi connectivity index (χ4n) is 1.03. The van der Waals surface area contributed by atoms with E-state index in [1.165, 1.54) is 11.2 Å². The fraction of sp³-hybridized carbons (Fsp3) is 0.455. The zero-order chi connectivity index (χ0) is 12.7. The van der Waals surface area contributed by atoms with Gasteiger partial charge in [0.25, 0.3) is 5.91 Å². The number of carbonyl (C=O) groups excluding carboxylic acids is 2. The Hall–Kier alpha value is -1.46. The summed E-state index contributed by atoms with van der Waals surface area (Å²) in [6.45, 7) is 7.05. The molecule has 0 fully saturated rings. The molecular weight excluding hydrogens is 206 g/mol. The minimum atomic E-state index is -0.303. The van der Waals surface area contributed by atoms with Crippen LogP contribution in [0.25, 0.3) is 0 Å². The molecule has 2 N–H and O–H groups in total. The highest BCUT2D eigenvalue weighted by molar-refractivity contribution is 6.08. The summed E-state index contributed by atoms with van der Waals surface area (Å²) < 4.78 is 0. The van der Waals surface area contributed by atoms with E-state index in [1.54, 1.807) is 21.0 Å². The summed E-state index contributed by atoms with van der Waals surface area (Å²) in [6.07, 6.45) is 1.88. The number of hydrogen-bond acceptors (Lipinski definition) is 4. The van der Waals surface area contributed by atoms with Gasteiger partial charge in [0.15, 0.2) is 5.78 Å². The summed E-state index contributed by atoms with van der Waals surface area (Å²) in [5, 5.41) is 1.19. The van der Waals surface area contributed by atoms with Crippen LogP contribution < -0.4 is 10.9 Å². The first-order valence-electron chi connectivity index (χ1n) is 5.07. The van der Waals surface area contributed by atoms with Crippen molar-refractivity contribution in [2.75, 3.05) is 14.1 Å². The van der Waals surface area contributed by atoms with E-state index in [9.17, 15) is 9.59 Å². The van der Waals surface area contributed by atoms with Crippen molar-refractivity contribution in [1.29, 1.82) is 0 Å². The fourth-order valence-corrected chi connectivity index (χ4v) is 1.03. The van der Waals surface area contributed by atoms with Crippen LogP contribution in [-0.2, 0) is 9.59 Å². The number of nitrogens with one attached hydrogen (secondary N) is 2. The van der Waals surface area contributed by atoms with Gasteiger partial charge in [-0.15, -0.1) is 0 Å². The lowest BCUT2D eigenvalue weighted by molar-refractivity contribution is -0.133. The lowest BCUT2D eigenvalue weighted by Crippen LogP contribution is -2.48. The van der Waals surface area contributed by atoms with Crippen LogP contribution in [0.4, 0.5) is 0 Å². The summed E-state index contributed by atoms with van der Waals surface area (Å²) in [4.78, 5) is 23.2. The normalized spacial score (nSPS) is 11.1. The molecule has 0 aromatic heterocycles. The van der Waals surface area contributed by atoms with E-state index in [2.05, 4.69) is 17.4 Å². The van der Waals surface area contributed by atoms with Crippen LogP contribution in [-0.4, -0.2) is 30.9 Å². The molecule has 0 heterocycles. The lowest BCUT2D eigenvalue weighted by atomic mass is 10.1. The summed E-state index contributed by atoms with van der Waals surface area (Å²) in [7, 11) is 3.21. The van der Waals surface area contributed by atoms with Crippen LogP contribution in [0.15, 0.2) is 23.8 Å². The number of rotatable bonds is 6. The molecule has 5 heteroatoms. The molecule has 0 bridgehead atoms. The van der Waals surface area contributed by atoms with Gasteiger partial charge in [-0.3, -0.25) is 9.59 Å². The maximum absolute atomic E-state index is 11.7. The first-order valence-corrected chi connectivity index (χ1v) is 5.07. The number of allylic oxidation sites excluding steroid dienone is 2. The van der Waals surface area contributed by atoms with E-state index >= 15 is 0 Å². The zero-order valence-electron chi connectivity index (χ0n) is 10.3. The van der Waals surface area contributed by atoms with Gasteiger partial charge in [0.2, 0.25) is 0 Å². The number of nitrogens with zero attached hydrogens (tertiary/aromatic N) is 1. The second-order valence-electron chi connectivity index (χ2n) is 3.24. The molecule has 0 spiro atoms. The number of ketones is 1. The van der Waals surface area contributed by atoms with Crippen LogP contribution in [0.5, 0.6) is 0 Å². The third-order valence-corrected chi connectivity index (χ3v) is 2.11. The molecule has 0 aromatic carbocycles. The molecule has 1 amide bonds. The van der Waals surface area contributed by atoms with Gasteiger partial charge in [-0.05, 0) is 25.0 Å². The first kappa shape index (κ1) is 14.5. The SMILES string of the molecule is C=C(CC)C(=O)C=C(C)C(=O)N(NC)NC. The average Bonchev–Trinajstić information content (AvgIpc) is 2.29. The van der Waals surface area contributed by atoms with E-state index in [0.29, 0.717) is 17.6 Å². The van der Waals surface area contributed by atoms with E-state index in [1.807, 2.05) is 6.92 Å². The van der Waals surface area contributed by atoms with Gasteiger partial charge in [0.1, 0.15) is 0 Å². The van der Waals surface area contributed by atoms with Crippen LogP contribution >= 0.6 is 0 Å². The van der Waals surface area contributed by atoms with Crippen LogP contribution in [0.1, 0.15) is 20.3 Å². The second kappa shape index (κ2) is 6.92. The van der Waals surface area contributed by atoms with Crippen LogP contribution in [0, 0.1) is 0 Å². The Morgan fingerprint density at radius 3 is 2.19 bits per heavy atom. The molecule has 0 aliphatic heterocycles. The topological polar surface area (TPSA) is 61.4 Å². The molecule has 0 rings (SSSR count). The van der Waals surface area contributed by atoms with Crippen LogP contribution in [0.3, 0.4) is 0 Å². The van der Waals surface area contributed by atoms with E-state index in [0.717, 1.165) is 0 Å². The van der Waals surface area contributed by atoms with Gasteiger partial charge >= 0.3 is 0 Å². The monoisotopic (exact) mass is 225 g/mol. The average molecular weight is 225 g/mol. The van der Waals surface area contributed by atoms with E-state index < -0.39 is 0 Å². The molecule has 5 nitrogen and oxygen atoms in total. The Morgan fingerprint density at radius 1 is 1.31 bits per heavy atom. The highest BCUT2D eigenvalue weighted by atomic mass is 16.2. The molecule has 0 atom stereocenters. The molecule has 0 aliphatic rings. The highest BCUT2D eigenvalue weighted by Crippen LogP contribution is 2.04. The molecule has 0 saturated heterocycles. The summed E-state index contributed by atoms with van der Waals surface area (Å²) in [6, 6.07) is 0. The number of hydrazine groups is 2. The summed E-state index contributed by atoms with van der Waals surface area (Å²) >= 11 is 0. The highest BCUT2D eigenvalue weighted by Gasteiger charge is 2.13. The maximum atomic E-state index is 11.7. The van der Waals surface area contributed by atoms with Crippen molar-refractivity contribution in [3.63, 3.8) is 0 Å². The molecule has 16 heavy (non-hydrogen) atoms. The Kier molecular flexibility index (Phi) is 6.29. The van der Waals surface area contributed by atoms with Crippen molar-refractivity contribution >= 4 is 11.7 Å². The van der Waals surface area contributed by atoms with Gasteiger partial charge in [0.05, 0.1) is 0 Å². The Bertz CT molecular complexity index is 317. The smallest absolute Gasteiger partial charge is 0.278 e. The van der Waals surface area contributed by atoms with Crippen molar-refractivity contribution in [2.45, 2.75) is 20.3 Å². The van der Waals surface area contributed by atoms with Crippen molar-refractivity contribution < 1.29 is 9.59 Å². The number of carbonyl (C=O) groups is 2. The summed E-state index contributed by atoms with van der Waals surface area (Å²) in [5.41, 5.74) is 6.14. The van der Waals surface area contributed by atoms with Crippen molar-refractivity contribution in [2.24, 2.45) is 0 Å². The van der Waals surface area contributed by atoms with E-state index in [4.69, 9.17) is 0 Å². The lowest BCUT2D eigenvalue weighted by Gasteiger charge is -2.19. The molecular formula is C11H19N3O2. The minimum Gasteiger partial charge on any atom is -0.290 e. The maximum Gasteiger partial charge on any atom is 0.278 e. The largest absolute Gasteiger partial charge is 0.290 e. The third-order valence-electron chi connectivity index (χ3n) is 2.11. The number of amides is 1. The molecule has 0 radical (unpaired) electrons. The Balaban J connectivity index is 4.72. The Labute approximate surface area is 96.1 Å². The first-order chi connectivity index (χ1) is 7.47. The number of hydrogen-bond donors (Lipinski definition) is 2. The molecule has 0 unspecified atom stereocenters. The van der Waals surface area contributed by atoms with Gasteiger partial charge in [-0.1, -0.05) is 13.5 Å². The predicted molar refractivity (Wildman–Crippen MR) is 63.2 cm³/mol. The molecule has 0 aliphatic carbocycles. The van der Waals surface area contributed by atoms with Gasteiger partial charge < -0.3 is 0 Å². The van der Waals surface area contributed by atoms with Crippen molar-refractivity contribution in [3.05, 3.63) is 23.8 Å². The van der Waals surface area contributed by atoms with Crippen molar-refractivity contribution in [1.82, 2.24) is 16.0 Å².